The third kappa shape index (κ3) is 4.78. The number of aliphatic hydroxyl groups is 1. The van der Waals surface area contributed by atoms with Crippen LogP contribution in [-0.4, -0.2) is 70.8 Å². The van der Waals surface area contributed by atoms with Gasteiger partial charge in [0.1, 0.15) is 17.6 Å². The minimum absolute atomic E-state index is 0.158. The molecule has 0 saturated carbocycles. The zero-order valence-corrected chi connectivity index (χ0v) is 24.5. The first-order valence-electron chi connectivity index (χ1n) is 14.2. The average Bonchev–Trinajstić information content (AvgIpc) is 3.55. The van der Waals surface area contributed by atoms with Gasteiger partial charge in [-0.05, 0) is 64.0 Å². The number of aliphatic hydroxyl groups excluding tert-OH is 1. The number of hydrogen-bond acceptors (Lipinski definition) is 6. The van der Waals surface area contributed by atoms with Gasteiger partial charge in [-0.15, -0.1) is 13.2 Å². The summed E-state index contributed by atoms with van der Waals surface area (Å²) in [6.07, 6.45) is 7.28. The van der Waals surface area contributed by atoms with Gasteiger partial charge in [0.15, 0.2) is 0 Å². The SMILES string of the molecule is C=CCCCCOC(=O)[C@@H]1[C@H]2C(=O)N([C@H](C)CO)C(C(=O)N(CC=C)c3c(C)cccc3Cl)C23CC[C@@]1(CC)O3. The highest BCUT2D eigenvalue weighted by atomic mass is 35.5. The van der Waals surface area contributed by atoms with Crippen molar-refractivity contribution in [3.63, 3.8) is 0 Å². The van der Waals surface area contributed by atoms with Gasteiger partial charge in [-0.1, -0.05) is 42.8 Å². The van der Waals surface area contributed by atoms with Crippen LogP contribution in [0.4, 0.5) is 5.69 Å². The van der Waals surface area contributed by atoms with Crippen molar-refractivity contribution in [2.75, 3.05) is 24.7 Å². The van der Waals surface area contributed by atoms with Gasteiger partial charge >= 0.3 is 5.97 Å². The van der Waals surface area contributed by atoms with E-state index < -0.39 is 41.1 Å². The van der Waals surface area contributed by atoms with Gasteiger partial charge in [0.05, 0.1) is 41.5 Å². The smallest absolute Gasteiger partial charge is 0.312 e. The molecule has 3 saturated heterocycles. The Morgan fingerprint density at radius 3 is 2.67 bits per heavy atom. The molecule has 2 amide bonds. The van der Waals surface area contributed by atoms with Gasteiger partial charge in [0, 0.05) is 6.54 Å². The number of nitrogens with zero attached hydrogens (tertiary/aromatic N) is 2. The van der Waals surface area contributed by atoms with E-state index in [1.165, 1.54) is 9.80 Å². The van der Waals surface area contributed by atoms with E-state index >= 15 is 0 Å². The number of carbonyl (C=O) groups is 3. The Morgan fingerprint density at radius 2 is 2.05 bits per heavy atom. The van der Waals surface area contributed by atoms with Crippen molar-refractivity contribution < 1.29 is 29.0 Å². The van der Waals surface area contributed by atoms with Crippen LogP contribution in [-0.2, 0) is 23.9 Å². The largest absolute Gasteiger partial charge is 0.465 e. The molecular weight excluding hydrogens is 532 g/mol. The molecule has 6 atom stereocenters. The Morgan fingerprint density at radius 1 is 1.30 bits per heavy atom. The standard InChI is InChI=1S/C31H41ClN2O6/c1-6-9-10-11-18-39-29(38)24-23-27(36)34(21(5)19-35)26(31(23)16-15-30(24,8-3)40-31)28(37)33(17-7-2)25-20(4)13-12-14-22(25)32/h6-7,12-14,21,23-24,26,35H,1-2,8-11,15-19H2,3-5H3/t21-,23+,24+,26?,30-,31?/m1/s1. The lowest BCUT2D eigenvalue weighted by Crippen LogP contribution is -2.58. The van der Waals surface area contributed by atoms with Gasteiger partial charge < -0.3 is 24.4 Å². The zero-order chi connectivity index (χ0) is 29.2. The fourth-order valence-electron chi connectivity index (χ4n) is 7.04. The number of benzene rings is 1. The van der Waals surface area contributed by atoms with Crippen LogP contribution >= 0.6 is 11.6 Å². The molecular formula is C31H41ClN2O6. The summed E-state index contributed by atoms with van der Waals surface area (Å²) in [6.45, 7) is 13.1. The minimum atomic E-state index is -1.23. The number of unbranched alkanes of at least 4 members (excludes halogenated alkanes) is 2. The summed E-state index contributed by atoms with van der Waals surface area (Å²) in [4.78, 5) is 45.4. The number of carbonyl (C=O) groups excluding carboxylic acids is 3. The number of rotatable bonds is 13. The quantitative estimate of drug-likeness (QED) is 0.211. The topological polar surface area (TPSA) is 96.4 Å². The fourth-order valence-corrected chi connectivity index (χ4v) is 7.37. The summed E-state index contributed by atoms with van der Waals surface area (Å²) < 4.78 is 12.5. The molecule has 3 aliphatic rings. The molecule has 3 aliphatic heterocycles. The molecule has 40 heavy (non-hydrogen) atoms. The van der Waals surface area contributed by atoms with Crippen molar-refractivity contribution >= 4 is 35.1 Å². The normalized spacial score (nSPS) is 29.3. The highest BCUT2D eigenvalue weighted by molar-refractivity contribution is 6.34. The second-order valence-corrected chi connectivity index (χ2v) is 11.6. The molecule has 0 radical (unpaired) electrons. The van der Waals surface area contributed by atoms with Crippen molar-refractivity contribution in [2.24, 2.45) is 11.8 Å². The Hall–Kier alpha value is -2.68. The molecule has 1 aromatic carbocycles. The first kappa shape index (κ1) is 30.3. The molecule has 0 aliphatic carbocycles. The third-order valence-corrected chi connectivity index (χ3v) is 9.23. The molecule has 3 heterocycles. The predicted octanol–water partition coefficient (Wildman–Crippen LogP) is 4.60. The van der Waals surface area contributed by atoms with E-state index in [0.29, 0.717) is 36.4 Å². The lowest BCUT2D eigenvalue weighted by atomic mass is 9.65. The van der Waals surface area contributed by atoms with Gasteiger partial charge in [-0.3, -0.25) is 14.4 Å². The number of aryl methyl sites for hydroxylation is 1. The first-order chi connectivity index (χ1) is 19.1. The van der Waals surface area contributed by atoms with E-state index in [9.17, 15) is 19.5 Å². The molecule has 4 rings (SSSR count). The van der Waals surface area contributed by atoms with Crippen molar-refractivity contribution in [1.29, 1.82) is 0 Å². The van der Waals surface area contributed by atoms with E-state index in [1.54, 1.807) is 19.1 Å². The molecule has 1 spiro atoms. The summed E-state index contributed by atoms with van der Waals surface area (Å²) in [5.41, 5.74) is -0.794. The molecule has 218 valence electrons. The lowest BCUT2D eigenvalue weighted by Gasteiger charge is -2.39. The van der Waals surface area contributed by atoms with Crippen LogP contribution in [0.25, 0.3) is 0 Å². The van der Waals surface area contributed by atoms with Gasteiger partial charge in [0.2, 0.25) is 5.91 Å². The van der Waals surface area contributed by atoms with Gasteiger partial charge in [0.25, 0.3) is 5.91 Å². The van der Waals surface area contributed by atoms with Crippen LogP contribution < -0.4 is 4.90 Å². The molecule has 1 aromatic rings. The number of anilines is 1. The first-order valence-corrected chi connectivity index (χ1v) is 14.6. The van der Waals surface area contributed by atoms with E-state index in [2.05, 4.69) is 13.2 Å². The average molecular weight is 573 g/mol. The van der Waals surface area contributed by atoms with Crippen LogP contribution in [0.15, 0.2) is 43.5 Å². The molecule has 2 bridgehead atoms. The van der Waals surface area contributed by atoms with Crippen LogP contribution in [0.2, 0.25) is 5.02 Å². The molecule has 0 aromatic heterocycles. The molecule has 9 heteroatoms. The number of likely N-dealkylation sites (tertiary alicyclic amines) is 1. The van der Waals surface area contributed by atoms with E-state index in [0.717, 1.165) is 18.4 Å². The molecule has 8 nitrogen and oxygen atoms in total. The summed E-state index contributed by atoms with van der Waals surface area (Å²) in [7, 11) is 0. The van der Waals surface area contributed by atoms with E-state index in [1.807, 2.05) is 32.1 Å². The van der Waals surface area contributed by atoms with Crippen LogP contribution in [0.1, 0.15) is 57.9 Å². The number of amides is 2. The van der Waals surface area contributed by atoms with Crippen molar-refractivity contribution in [1.82, 2.24) is 4.90 Å². The lowest BCUT2D eigenvalue weighted by molar-refractivity contribution is -0.162. The monoisotopic (exact) mass is 572 g/mol. The van der Waals surface area contributed by atoms with Crippen molar-refractivity contribution in [2.45, 2.75) is 82.6 Å². The maximum Gasteiger partial charge on any atom is 0.312 e. The Balaban J connectivity index is 1.77. The highest BCUT2D eigenvalue weighted by Crippen LogP contribution is 2.65. The predicted molar refractivity (Wildman–Crippen MR) is 154 cm³/mol. The minimum Gasteiger partial charge on any atom is -0.465 e. The van der Waals surface area contributed by atoms with Gasteiger partial charge in [-0.2, -0.15) is 0 Å². The summed E-state index contributed by atoms with van der Waals surface area (Å²) >= 11 is 6.60. The third-order valence-electron chi connectivity index (χ3n) is 8.93. The highest BCUT2D eigenvalue weighted by Gasteiger charge is 2.79. The number of hydrogen-bond donors (Lipinski definition) is 1. The maximum absolute atomic E-state index is 14.6. The number of fused-ring (bicyclic) bond motifs is 1. The van der Waals surface area contributed by atoms with E-state index in [4.69, 9.17) is 21.1 Å². The van der Waals surface area contributed by atoms with Crippen molar-refractivity contribution in [3.8, 4) is 0 Å². The molecule has 1 N–H and O–H groups in total. The molecule has 3 fully saturated rings. The number of esters is 1. The maximum atomic E-state index is 14.6. The number of allylic oxidation sites excluding steroid dienone is 1. The summed E-state index contributed by atoms with van der Waals surface area (Å²) in [6, 6.07) is 3.67. The second-order valence-electron chi connectivity index (χ2n) is 11.2. The number of halogens is 1. The molecule has 2 unspecified atom stereocenters. The second kappa shape index (κ2) is 12.0. The van der Waals surface area contributed by atoms with Crippen LogP contribution in [0.3, 0.4) is 0 Å². The fraction of sp³-hybridized carbons (Fsp3) is 0.581. The van der Waals surface area contributed by atoms with Gasteiger partial charge in [-0.25, -0.2) is 0 Å². The zero-order valence-electron chi connectivity index (χ0n) is 23.7. The van der Waals surface area contributed by atoms with E-state index in [-0.39, 0.29) is 31.6 Å². The number of ether oxygens (including phenoxy) is 2. The van der Waals surface area contributed by atoms with Crippen molar-refractivity contribution in [3.05, 3.63) is 54.1 Å². The Bertz CT molecular complexity index is 1150. The van der Waals surface area contributed by atoms with Crippen LogP contribution in [0, 0.1) is 18.8 Å². The Kier molecular flexibility index (Phi) is 9.12. The summed E-state index contributed by atoms with van der Waals surface area (Å²) in [5, 5.41) is 10.6. The Labute approximate surface area is 241 Å². The van der Waals surface area contributed by atoms with Crippen LogP contribution in [0.5, 0.6) is 0 Å². The summed E-state index contributed by atoms with van der Waals surface area (Å²) in [5.74, 6) is -2.92. The number of para-hydroxylation sites is 1.